The van der Waals surface area contributed by atoms with Crippen LogP contribution in [0.15, 0.2) is 0 Å². The van der Waals surface area contributed by atoms with E-state index in [9.17, 15) is 9.90 Å². The molecule has 2 aliphatic carbocycles. The number of amides is 1. The van der Waals surface area contributed by atoms with Crippen molar-refractivity contribution in [3.8, 4) is 0 Å². The third-order valence-electron chi connectivity index (χ3n) is 4.24. The van der Waals surface area contributed by atoms with Gasteiger partial charge < -0.3 is 15.2 Å². The Balaban J connectivity index is 1.59. The molecule has 2 fully saturated rings. The standard InChI is InChI=1S/C14H25NO3/c1-11-4-2-5-12(8-11)18-9-13(16)15-10-14(17)6-3-7-14/h11-12,17H,2-10H2,1H3,(H,15,16). The van der Waals surface area contributed by atoms with E-state index in [4.69, 9.17) is 4.74 Å². The van der Waals surface area contributed by atoms with E-state index >= 15 is 0 Å². The van der Waals surface area contributed by atoms with Gasteiger partial charge in [0, 0.05) is 6.54 Å². The molecule has 2 aliphatic rings. The van der Waals surface area contributed by atoms with E-state index in [0.29, 0.717) is 12.5 Å². The van der Waals surface area contributed by atoms with Gasteiger partial charge in [0.05, 0.1) is 11.7 Å². The van der Waals surface area contributed by atoms with Gasteiger partial charge >= 0.3 is 0 Å². The molecule has 0 aromatic heterocycles. The number of hydrogen-bond donors (Lipinski definition) is 2. The molecule has 4 nitrogen and oxygen atoms in total. The maximum absolute atomic E-state index is 11.6. The van der Waals surface area contributed by atoms with Gasteiger partial charge in [0.2, 0.25) is 5.91 Å². The fourth-order valence-electron chi connectivity index (χ4n) is 2.80. The molecule has 0 bridgehead atoms. The highest BCUT2D eigenvalue weighted by Gasteiger charge is 2.34. The zero-order valence-electron chi connectivity index (χ0n) is 11.3. The maximum atomic E-state index is 11.6. The van der Waals surface area contributed by atoms with Crippen LogP contribution in [0.2, 0.25) is 0 Å². The predicted octanol–water partition coefficient (Wildman–Crippen LogP) is 1.61. The van der Waals surface area contributed by atoms with Crippen LogP contribution < -0.4 is 5.32 Å². The molecule has 1 amide bonds. The first-order valence-electron chi connectivity index (χ1n) is 7.18. The van der Waals surface area contributed by atoms with E-state index in [2.05, 4.69) is 12.2 Å². The van der Waals surface area contributed by atoms with Crippen molar-refractivity contribution in [1.29, 1.82) is 0 Å². The molecule has 0 heterocycles. The van der Waals surface area contributed by atoms with Crippen LogP contribution in [-0.2, 0) is 9.53 Å². The number of ether oxygens (including phenoxy) is 1. The van der Waals surface area contributed by atoms with Gasteiger partial charge in [0.1, 0.15) is 6.61 Å². The monoisotopic (exact) mass is 255 g/mol. The van der Waals surface area contributed by atoms with Crippen molar-refractivity contribution in [2.45, 2.75) is 63.6 Å². The van der Waals surface area contributed by atoms with E-state index in [1.54, 1.807) is 0 Å². The van der Waals surface area contributed by atoms with Gasteiger partial charge in [-0.3, -0.25) is 4.79 Å². The summed E-state index contributed by atoms with van der Waals surface area (Å²) in [6, 6.07) is 0. The van der Waals surface area contributed by atoms with Crippen molar-refractivity contribution in [3.05, 3.63) is 0 Å². The van der Waals surface area contributed by atoms with Crippen molar-refractivity contribution in [2.24, 2.45) is 5.92 Å². The fraction of sp³-hybridized carbons (Fsp3) is 0.929. The third-order valence-corrected chi connectivity index (χ3v) is 4.24. The quantitative estimate of drug-likeness (QED) is 0.784. The second kappa shape index (κ2) is 6.02. The molecular formula is C14H25NO3. The molecule has 18 heavy (non-hydrogen) atoms. The second-order valence-electron chi connectivity index (χ2n) is 6.06. The molecule has 2 saturated carbocycles. The van der Waals surface area contributed by atoms with Crippen LogP contribution in [0.4, 0.5) is 0 Å². The van der Waals surface area contributed by atoms with E-state index in [1.165, 1.54) is 12.8 Å². The summed E-state index contributed by atoms with van der Waals surface area (Å²) < 4.78 is 5.64. The lowest BCUT2D eigenvalue weighted by Gasteiger charge is -2.36. The van der Waals surface area contributed by atoms with Crippen molar-refractivity contribution in [3.63, 3.8) is 0 Å². The smallest absolute Gasteiger partial charge is 0.246 e. The number of aliphatic hydroxyl groups is 1. The first-order chi connectivity index (χ1) is 8.57. The Morgan fingerprint density at radius 3 is 2.78 bits per heavy atom. The van der Waals surface area contributed by atoms with E-state index in [0.717, 1.165) is 32.1 Å². The van der Waals surface area contributed by atoms with Gasteiger partial charge in [0.25, 0.3) is 0 Å². The number of nitrogens with one attached hydrogen (secondary N) is 1. The number of hydrogen-bond acceptors (Lipinski definition) is 3. The zero-order valence-corrected chi connectivity index (χ0v) is 11.3. The lowest BCUT2D eigenvalue weighted by Crippen LogP contribution is -2.48. The topological polar surface area (TPSA) is 58.6 Å². The van der Waals surface area contributed by atoms with Crippen LogP contribution in [0.1, 0.15) is 51.9 Å². The van der Waals surface area contributed by atoms with Gasteiger partial charge in [-0.05, 0) is 38.0 Å². The Morgan fingerprint density at radius 2 is 2.17 bits per heavy atom. The third kappa shape index (κ3) is 3.95. The van der Waals surface area contributed by atoms with Gasteiger partial charge in [0.15, 0.2) is 0 Å². The maximum Gasteiger partial charge on any atom is 0.246 e. The summed E-state index contributed by atoms with van der Waals surface area (Å²) in [4.78, 5) is 11.6. The van der Waals surface area contributed by atoms with Crippen LogP contribution in [-0.4, -0.2) is 35.9 Å². The summed E-state index contributed by atoms with van der Waals surface area (Å²) >= 11 is 0. The first kappa shape index (κ1) is 13.8. The van der Waals surface area contributed by atoms with Crippen molar-refractivity contribution in [2.75, 3.05) is 13.2 Å². The van der Waals surface area contributed by atoms with Gasteiger partial charge in [-0.25, -0.2) is 0 Å². The van der Waals surface area contributed by atoms with Crippen LogP contribution >= 0.6 is 0 Å². The van der Waals surface area contributed by atoms with Crippen LogP contribution in [0, 0.1) is 5.92 Å². The minimum absolute atomic E-state index is 0.103. The molecule has 4 heteroatoms. The molecule has 104 valence electrons. The number of carbonyl (C=O) groups excluding carboxylic acids is 1. The summed E-state index contributed by atoms with van der Waals surface area (Å²) in [6.45, 7) is 2.74. The van der Waals surface area contributed by atoms with Crippen LogP contribution in [0.5, 0.6) is 0 Å². The molecule has 2 N–H and O–H groups in total. The molecule has 0 radical (unpaired) electrons. The van der Waals surface area contributed by atoms with Gasteiger partial charge in [-0.1, -0.05) is 19.8 Å². The molecule has 2 atom stereocenters. The summed E-state index contributed by atoms with van der Waals surface area (Å²) in [5, 5.41) is 12.6. The van der Waals surface area contributed by atoms with E-state index < -0.39 is 5.60 Å². The Morgan fingerprint density at radius 1 is 1.39 bits per heavy atom. The van der Waals surface area contributed by atoms with Crippen LogP contribution in [0.3, 0.4) is 0 Å². The minimum atomic E-state index is -0.644. The van der Waals surface area contributed by atoms with Crippen molar-refractivity contribution < 1.29 is 14.6 Å². The summed E-state index contributed by atoms with van der Waals surface area (Å²) in [5.41, 5.74) is -0.644. The number of carbonyl (C=O) groups is 1. The molecule has 0 aromatic rings. The Kier molecular flexibility index (Phi) is 4.62. The summed E-state index contributed by atoms with van der Waals surface area (Å²) in [7, 11) is 0. The van der Waals surface area contributed by atoms with Gasteiger partial charge in [-0.2, -0.15) is 0 Å². The molecular weight excluding hydrogens is 230 g/mol. The molecule has 2 unspecified atom stereocenters. The summed E-state index contributed by atoms with van der Waals surface area (Å²) in [5.74, 6) is 0.607. The Hall–Kier alpha value is -0.610. The summed E-state index contributed by atoms with van der Waals surface area (Å²) in [6.07, 6.45) is 7.52. The number of rotatable bonds is 5. The highest BCUT2D eigenvalue weighted by atomic mass is 16.5. The second-order valence-corrected chi connectivity index (χ2v) is 6.06. The largest absolute Gasteiger partial charge is 0.388 e. The lowest BCUT2D eigenvalue weighted by molar-refractivity contribution is -0.131. The average Bonchev–Trinajstić information content (AvgIpc) is 2.31. The molecule has 2 rings (SSSR count). The van der Waals surface area contributed by atoms with Gasteiger partial charge in [-0.15, -0.1) is 0 Å². The highest BCUT2D eigenvalue weighted by Crippen LogP contribution is 2.30. The van der Waals surface area contributed by atoms with Crippen molar-refractivity contribution >= 4 is 5.91 Å². The van der Waals surface area contributed by atoms with E-state index in [-0.39, 0.29) is 18.6 Å². The molecule has 0 spiro atoms. The minimum Gasteiger partial charge on any atom is -0.388 e. The predicted molar refractivity (Wildman–Crippen MR) is 69.2 cm³/mol. The zero-order chi connectivity index (χ0) is 13.0. The fourth-order valence-corrected chi connectivity index (χ4v) is 2.80. The normalized spacial score (nSPS) is 30.6. The lowest BCUT2D eigenvalue weighted by atomic mass is 9.80. The van der Waals surface area contributed by atoms with E-state index in [1.807, 2.05) is 0 Å². The van der Waals surface area contributed by atoms with Crippen LogP contribution in [0.25, 0.3) is 0 Å². The SMILES string of the molecule is CC1CCCC(OCC(=O)NCC2(O)CCC2)C1. The Bertz CT molecular complexity index is 289. The Labute approximate surface area is 109 Å². The molecule has 0 aromatic carbocycles. The van der Waals surface area contributed by atoms with Crippen molar-refractivity contribution in [1.82, 2.24) is 5.32 Å². The molecule has 0 saturated heterocycles. The molecule has 0 aliphatic heterocycles. The highest BCUT2D eigenvalue weighted by molar-refractivity contribution is 5.77. The first-order valence-corrected chi connectivity index (χ1v) is 7.18. The average molecular weight is 255 g/mol.